The lowest BCUT2D eigenvalue weighted by molar-refractivity contribution is -0.133. The van der Waals surface area contributed by atoms with Gasteiger partial charge in [0.15, 0.2) is 5.58 Å². The van der Waals surface area contributed by atoms with E-state index in [2.05, 4.69) is 29.2 Å². The highest BCUT2D eigenvalue weighted by Gasteiger charge is 2.14. The standard InChI is InChI=1S/C27H25NO5S/c29-26(18-25-28-23-17-20(27(30)31)10-15-24(23)33-25)32-21-11-13-22(14-12-21)34-16-6-2-5-9-19-7-3-1-4-8-19/h1,3-4,7-8,10-15,17H,2,5-6,9,16,18H2,(H,30,31). The number of aryl methyl sites for hydroxylation is 1. The monoisotopic (exact) mass is 475 g/mol. The Morgan fingerprint density at radius 1 is 0.941 bits per heavy atom. The van der Waals surface area contributed by atoms with Crippen LogP contribution in [0, 0.1) is 0 Å². The van der Waals surface area contributed by atoms with Gasteiger partial charge in [-0.1, -0.05) is 36.8 Å². The molecule has 3 aromatic carbocycles. The molecule has 0 fully saturated rings. The summed E-state index contributed by atoms with van der Waals surface area (Å²) in [6.07, 6.45) is 4.53. The van der Waals surface area contributed by atoms with E-state index in [1.54, 1.807) is 23.9 Å². The lowest BCUT2D eigenvalue weighted by atomic mass is 10.1. The van der Waals surface area contributed by atoms with E-state index >= 15 is 0 Å². The van der Waals surface area contributed by atoms with Crippen LogP contribution in [0.1, 0.15) is 41.1 Å². The second-order valence-electron chi connectivity index (χ2n) is 7.86. The van der Waals surface area contributed by atoms with Crippen molar-refractivity contribution in [3.05, 3.63) is 89.8 Å². The molecule has 0 amide bonds. The zero-order valence-electron chi connectivity index (χ0n) is 18.6. The first-order valence-electron chi connectivity index (χ1n) is 11.2. The normalized spacial score (nSPS) is 10.9. The molecule has 0 saturated carbocycles. The summed E-state index contributed by atoms with van der Waals surface area (Å²) in [5.41, 5.74) is 2.32. The van der Waals surface area contributed by atoms with Crippen molar-refractivity contribution in [1.82, 2.24) is 4.98 Å². The minimum atomic E-state index is -1.05. The Morgan fingerprint density at radius 3 is 2.50 bits per heavy atom. The van der Waals surface area contributed by atoms with Gasteiger partial charge < -0.3 is 14.3 Å². The van der Waals surface area contributed by atoms with Gasteiger partial charge in [0.25, 0.3) is 0 Å². The molecular weight excluding hydrogens is 450 g/mol. The van der Waals surface area contributed by atoms with Crippen LogP contribution in [0.5, 0.6) is 5.75 Å². The predicted molar refractivity (Wildman–Crippen MR) is 131 cm³/mol. The van der Waals surface area contributed by atoms with E-state index in [-0.39, 0.29) is 17.9 Å². The smallest absolute Gasteiger partial charge is 0.335 e. The quantitative estimate of drug-likeness (QED) is 0.120. The Balaban J connectivity index is 1.19. The second kappa shape index (κ2) is 11.5. The summed E-state index contributed by atoms with van der Waals surface area (Å²) in [6.45, 7) is 0. The first kappa shape index (κ1) is 23.6. The third kappa shape index (κ3) is 6.71. The number of carboxylic acids is 1. The van der Waals surface area contributed by atoms with Crippen LogP contribution in [0.2, 0.25) is 0 Å². The molecule has 1 N–H and O–H groups in total. The molecular formula is C27H25NO5S. The number of carbonyl (C=O) groups is 2. The first-order chi connectivity index (χ1) is 16.6. The van der Waals surface area contributed by atoms with Crippen LogP contribution in [0.25, 0.3) is 11.1 Å². The molecule has 0 bridgehead atoms. The lowest BCUT2D eigenvalue weighted by Gasteiger charge is -2.05. The number of thioether (sulfide) groups is 1. The number of fused-ring (bicyclic) bond motifs is 1. The van der Waals surface area contributed by atoms with Crippen molar-refractivity contribution in [2.75, 3.05) is 5.75 Å². The van der Waals surface area contributed by atoms with Gasteiger partial charge in [0, 0.05) is 4.90 Å². The van der Waals surface area contributed by atoms with Crippen molar-refractivity contribution in [3.8, 4) is 5.75 Å². The maximum Gasteiger partial charge on any atom is 0.335 e. The topological polar surface area (TPSA) is 89.6 Å². The maximum atomic E-state index is 12.3. The summed E-state index contributed by atoms with van der Waals surface area (Å²) in [4.78, 5) is 28.7. The highest BCUT2D eigenvalue weighted by atomic mass is 32.2. The van der Waals surface area contributed by atoms with Gasteiger partial charge in [0.05, 0.1) is 5.56 Å². The van der Waals surface area contributed by atoms with Crippen LogP contribution in [-0.2, 0) is 17.6 Å². The van der Waals surface area contributed by atoms with Crippen molar-refractivity contribution < 1.29 is 23.8 Å². The second-order valence-corrected chi connectivity index (χ2v) is 9.03. The van der Waals surface area contributed by atoms with E-state index in [1.807, 2.05) is 18.2 Å². The number of ether oxygens (including phenoxy) is 1. The van der Waals surface area contributed by atoms with E-state index in [0.717, 1.165) is 23.5 Å². The van der Waals surface area contributed by atoms with Gasteiger partial charge in [-0.15, -0.1) is 11.8 Å². The molecule has 0 aliphatic heterocycles. The number of rotatable bonds is 11. The van der Waals surface area contributed by atoms with Crippen LogP contribution < -0.4 is 4.74 Å². The van der Waals surface area contributed by atoms with Crippen LogP contribution in [-0.4, -0.2) is 27.8 Å². The number of aromatic nitrogens is 1. The molecule has 1 aromatic heterocycles. The summed E-state index contributed by atoms with van der Waals surface area (Å²) in [7, 11) is 0. The number of hydrogen-bond acceptors (Lipinski definition) is 6. The summed E-state index contributed by atoms with van der Waals surface area (Å²) >= 11 is 1.80. The molecule has 1 heterocycles. The van der Waals surface area contributed by atoms with Gasteiger partial charge >= 0.3 is 11.9 Å². The fourth-order valence-electron chi connectivity index (χ4n) is 3.52. The molecule has 0 aliphatic rings. The van der Waals surface area contributed by atoms with E-state index in [9.17, 15) is 9.59 Å². The molecule has 4 rings (SSSR count). The lowest BCUT2D eigenvalue weighted by Crippen LogP contribution is -2.11. The maximum absolute atomic E-state index is 12.3. The largest absolute Gasteiger partial charge is 0.478 e. The Morgan fingerprint density at radius 2 is 1.74 bits per heavy atom. The summed E-state index contributed by atoms with van der Waals surface area (Å²) in [5, 5.41) is 9.07. The van der Waals surface area contributed by atoms with E-state index < -0.39 is 11.9 Å². The first-order valence-corrected chi connectivity index (χ1v) is 12.2. The number of esters is 1. The number of benzene rings is 3. The molecule has 4 aromatic rings. The average Bonchev–Trinajstić information content (AvgIpc) is 3.24. The zero-order valence-corrected chi connectivity index (χ0v) is 19.4. The molecule has 34 heavy (non-hydrogen) atoms. The molecule has 0 spiro atoms. The number of nitrogens with zero attached hydrogens (tertiary/aromatic N) is 1. The predicted octanol–water partition coefficient (Wildman–Crippen LogP) is 6.18. The van der Waals surface area contributed by atoms with Gasteiger partial charge in [0.1, 0.15) is 17.7 Å². The van der Waals surface area contributed by atoms with Gasteiger partial charge in [-0.2, -0.15) is 0 Å². The van der Waals surface area contributed by atoms with Crippen LogP contribution in [0.3, 0.4) is 0 Å². The summed E-state index contributed by atoms with van der Waals surface area (Å²) in [5.74, 6) is 0.151. The fourth-order valence-corrected chi connectivity index (χ4v) is 4.43. The van der Waals surface area contributed by atoms with Gasteiger partial charge in [0.2, 0.25) is 5.89 Å². The zero-order chi connectivity index (χ0) is 23.8. The molecule has 7 heteroatoms. The van der Waals surface area contributed by atoms with E-state index in [0.29, 0.717) is 16.8 Å². The molecule has 0 radical (unpaired) electrons. The molecule has 0 saturated heterocycles. The Labute approximate surface area is 202 Å². The van der Waals surface area contributed by atoms with E-state index in [4.69, 9.17) is 14.3 Å². The number of hydrogen-bond donors (Lipinski definition) is 1. The van der Waals surface area contributed by atoms with Gasteiger partial charge in [-0.05, 0) is 73.0 Å². The number of carbonyl (C=O) groups excluding carboxylic acids is 1. The Kier molecular flexibility index (Phi) is 7.99. The third-order valence-electron chi connectivity index (χ3n) is 5.25. The minimum Gasteiger partial charge on any atom is -0.478 e. The van der Waals surface area contributed by atoms with Crippen LogP contribution in [0.4, 0.5) is 0 Å². The SMILES string of the molecule is O=C(Cc1nc2cc(C(=O)O)ccc2o1)Oc1ccc(SCCCCCc2ccccc2)cc1. The van der Waals surface area contributed by atoms with Crippen molar-refractivity contribution in [3.63, 3.8) is 0 Å². The molecule has 6 nitrogen and oxygen atoms in total. The van der Waals surface area contributed by atoms with E-state index in [1.165, 1.54) is 36.6 Å². The average molecular weight is 476 g/mol. The number of oxazole rings is 1. The van der Waals surface area contributed by atoms with Crippen LogP contribution in [0.15, 0.2) is 82.1 Å². The summed E-state index contributed by atoms with van der Waals surface area (Å²) in [6, 6.07) is 22.4. The third-order valence-corrected chi connectivity index (χ3v) is 6.35. The minimum absolute atomic E-state index is 0.111. The van der Waals surface area contributed by atoms with Crippen molar-refractivity contribution >= 4 is 34.8 Å². The van der Waals surface area contributed by atoms with Crippen LogP contribution >= 0.6 is 11.8 Å². The molecule has 0 aliphatic carbocycles. The van der Waals surface area contributed by atoms with Crippen molar-refractivity contribution in [1.29, 1.82) is 0 Å². The summed E-state index contributed by atoms with van der Waals surface area (Å²) < 4.78 is 10.9. The van der Waals surface area contributed by atoms with Crippen molar-refractivity contribution in [2.24, 2.45) is 0 Å². The highest BCUT2D eigenvalue weighted by Crippen LogP contribution is 2.24. The number of unbranched alkanes of at least 4 members (excludes halogenated alkanes) is 2. The highest BCUT2D eigenvalue weighted by molar-refractivity contribution is 7.99. The van der Waals surface area contributed by atoms with Gasteiger partial charge in [-0.3, -0.25) is 4.79 Å². The number of carboxylic acid groups (broad SMARTS) is 1. The molecule has 0 atom stereocenters. The Hall–Kier alpha value is -3.58. The van der Waals surface area contributed by atoms with Gasteiger partial charge in [-0.25, -0.2) is 9.78 Å². The van der Waals surface area contributed by atoms with Crippen molar-refractivity contribution in [2.45, 2.75) is 37.0 Å². The number of aromatic carboxylic acids is 1. The fraction of sp³-hybridized carbons (Fsp3) is 0.222. The Bertz CT molecular complexity index is 1250. The molecule has 0 unspecified atom stereocenters. The molecule has 174 valence electrons.